The SMILES string of the molecule is O=C(NC1CCS(=O)CC1)c1ccc(Cl)c(Br)c1. The second-order valence-electron chi connectivity index (χ2n) is 4.22. The molecule has 6 heteroatoms. The lowest BCUT2D eigenvalue weighted by Gasteiger charge is -2.22. The molecule has 0 aromatic heterocycles. The summed E-state index contributed by atoms with van der Waals surface area (Å²) in [5, 5.41) is 3.55. The van der Waals surface area contributed by atoms with Gasteiger partial charge in [0.05, 0.1) is 5.02 Å². The van der Waals surface area contributed by atoms with Crippen molar-refractivity contribution in [1.29, 1.82) is 0 Å². The Labute approximate surface area is 122 Å². The molecule has 1 aromatic rings. The normalized spacial score (nSPS) is 23.7. The first-order valence-corrected chi connectivity index (χ1v) is 8.33. The number of hydrogen-bond acceptors (Lipinski definition) is 2. The summed E-state index contributed by atoms with van der Waals surface area (Å²) in [5.74, 6) is 1.25. The van der Waals surface area contributed by atoms with E-state index in [0.29, 0.717) is 26.6 Å². The van der Waals surface area contributed by atoms with Crippen LogP contribution in [0.5, 0.6) is 0 Å². The van der Waals surface area contributed by atoms with Gasteiger partial charge in [-0.1, -0.05) is 11.6 Å². The first kappa shape index (κ1) is 14.0. The van der Waals surface area contributed by atoms with E-state index < -0.39 is 10.8 Å². The number of hydrogen-bond donors (Lipinski definition) is 1. The third kappa shape index (κ3) is 3.56. The van der Waals surface area contributed by atoms with Crippen LogP contribution in [0.2, 0.25) is 5.02 Å². The Balaban J connectivity index is 1.99. The lowest BCUT2D eigenvalue weighted by atomic mass is 10.1. The average molecular weight is 351 g/mol. The third-order valence-corrected chi connectivity index (χ3v) is 5.50. The molecule has 1 fully saturated rings. The molecule has 1 N–H and O–H groups in total. The van der Waals surface area contributed by atoms with E-state index in [4.69, 9.17) is 11.6 Å². The maximum atomic E-state index is 12.0. The van der Waals surface area contributed by atoms with Gasteiger partial charge in [-0.05, 0) is 47.0 Å². The van der Waals surface area contributed by atoms with Gasteiger partial charge in [0.1, 0.15) is 0 Å². The van der Waals surface area contributed by atoms with E-state index in [-0.39, 0.29) is 11.9 Å². The number of benzene rings is 1. The Bertz CT molecular complexity index is 485. The van der Waals surface area contributed by atoms with E-state index in [9.17, 15) is 9.00 Å². The number of nitrogens with one attached hydrogen (secondary N) is 1. The summed E-state index contributed by atoms with van der Waals surface area (Å²) in [7, 11) is -0.703. The fourth-order valence-corrected chi connectivity index (χ4v) is 3.64. The van der Waals surface area contributed by atoms with Crippen molar-refractivity contribution in [2.45, 2.75) is 18.9 Å². The van der Waals surface area contributed by atoms with Crippen LogP contribution in [-0.4, -0.2) is 27.7 Å². The lowest BCUT2D eigenvalue weighted by molar-refractivity contribution is 0.0934. The molecule has 1 aliphatic heterocycles. The second-order valence-corrected chi connectivity index (χ2v) is 7.18. The van der Waals surface area contributed by atoms with Gasteiger partial charge >= 0.3 is 0 Å². The average Bonchev–Trinajstić information content (AvgIpc) is 2.35. The molecule has 0 atom stereocenters. The molecule has 0 saturated carbocycles. The minimum Gasteiger partial charge on any atom is -0.349 e. The van der Waals surface area contributed by atoms with Crippen molar-refractivity contribution in [2.75, 3.05) is 11.5 Å². The third-order valence-electron chi connectivity index (χ3n) is 2.90. The highest BCUT2D eigenvalue weighted by Crippen LogP contribution is 2.23. The molecule has 0 radical (unpaired) electrons. The van der Waals surface area contributed by atoms with Crippen molar-refractivity contribution in [3.05, 3.63) is 33.3 Å². The number of halogens is 2. The first-order chi connectivity index (χ1) is 8.56. The molecule has 1 aromatic carbocycles. The van der Waals surface area contributed by atoms with Gasteiger partial charge < -0.3 is 5.32 Å². The lowest BCUT2D eigenvalue weighted by Crippen LogP contribution is -2.39. The van der Waals surface area contributed by atoms with Gasteiger partial charge in [0.25, 0.3) is 5.91 Å². The summed E-state index contributed by atoms with van der Waals surface area (Å²) < 4.78 is 11.9. The summed E-state index contributed by atoms with van der Waals surface area (Å²) in [6.07, 6.45) is 1.57. The molecular formula is C12H13BrClNO2S. The summed E-state index contributed by atoms with van der Waals surface area (Å²) >= 11 is 9.18. The fraction of sp³-hybridized carbons (Fsp3) is 0.417. The highest BCUT2D eigenvalue weighted by Gasteiger charge is 2.20. The van der Waals surface area contributed by atoms with Crippen LogP contribution in [-0.2, 0) is 10.8 Å². The van der Waals surface area contributed by atoms with Gasteiger partial charge in [0.15, 0.2) is 0 Å². The van der Waals surface area contributed by atoms with Gasteiger partial charge in [-0.25, -0.2) is 0 Å². The zero-order valence-electron chi connectivity index (χ0n) is 9.62. The van der Waals surface area contributed by atoms with Gasteiger partial charge in [0.2, 0.25) is 0 Å². The number of carbonyl (C=O) groups is 1. The smallest absolute Gasteiger partial charge is 0.251 e. The van der Waals surface area contributed by atoms with Crippen molar-refractivity contribution < 1.29 is 9.00 Å². The molecule has 1 amide bonds. The summed E-state index contributed by atoms with van der Waals surface area (Å²) in [6, 6.07) is 5.23. The molecule has 18 heavy (non-hydrogen) atoms. The van der Waals surface area contributed by atoms with E-state index in [1.807, 2.05) is 0 Å². The fourth-order valence-electron chi connectivity index (χ4n) is 1.84. The van der Waals surface area contributed by atoms with Crippen molar-refractivity contribution >= 4 is 44.2 Å². The molecule has 98 valence electrons. The molecule has 0 aliphatic carbocycles. The van der Waals surface area contributed by atoms with E-state index in [1.54, 1.807) is 18.2 Å². The second kappa shape index (κ2) is 6.17. The van der Waals surface area contributed by atoms with Crippen LogP contribution < -0.4 is 5.32 Å². The van der Waals surface area contributed by atoms with Gasteiger partial charge in [-0.3, -0.25) is 9.00 Å². The molecule has 1 saturated heterocycles. The highest BCUT2D eigenvalue weighted by molar-refractivity contribution is 9.10. The van der Waals surface area contributed by atoms with Crippen LogP contribution >= 0.6 is 27.5 Å². The van der Waals surface area contributed by atoms with Crippen LogP contribution in [0.3, 0.4) is 0 Å². The number of amides is 1. The van der Waals surface area contributed by atoms with E-state index >= 15 is 0 Å². The first-order valence-electron chi connectivity index (χ1n) is 5.67. The van der Waals surface area contributed by atoms with Gasteiger partial charge in [0, 0.05) is 38.4 Å². The van der Waals surface area contributed by atoms with Crippen LogP contribution in [0.15, 0.2) is 22.7 Å². The maximum Gasteiger partial charge on any atom is 0.251 e. The monoisotopic (exact) mass is 349 g/mol. The molecule has 0 spiro atoms. The predicted octanol–water partition coefficient (Wildman–Crippen LogP) is 2.74. The Morgan fingerprint density at radius 1 is 1.39 bits per heavy atom. The Morgan fingerprint density at radius 2 is 2.06 bits per heavy atom. The topological polar surface area (TPSA) is 46.2 Å². The van der Waals surface area contributed by atoms with Crippen molar-refractivity contribution in [2.24, 2.45) is 0 Å². The highest BCUT2D eigenvalue weighted by atomic mass is 79.9. The maximum absolute atomic E-state index is 12.0. The zero-order chi connectivity index (χ0) is 13.1. The number of rotatable bonds is 2. The summed E-state index contributed by atoms with van der Waals surface area (Å²) in [5.41, 5.74) is 0.581. The largest absolute Gasteiger partial charge is 0.349 e. The quantitative estimate of drug-likeness (QED) is 0.891. The van der Waals surface area contributed by atoms with Crippen molar-refractivity contribution in [3.63, 3.8) is 0 Å². The van der Waals surface area contributed by atoms with Crippen LogP contribution in [0.25, 0.3) is 0 Å². The van der Waals surface area contributed by atoms with Gasteiger partial charge in [-0.15, -0.1) is 0 Å². The molecule has 1 aliphatic rings. The Hall–Kier alpha value is -0.390. The van der Waals surface area contributed by atoms with Crippen molar-refractivity contribution in [1.82, 2.24) is 5.32 Å². The standard InChI is InChI=1S/C12H13BrClNO2S/c13-10-7-8(1-2-11(10)14)12(16)15-9-3-5-18(17)6-4-9/h1-2,7,9H,3-6H2,(H,15,16). The minimum absolute atomic E-state index is 0.106. The van der Waals surface area contributed by atoms with Crippen LogP contribution in [0, 0.1) is 0 Å². The predicted molar refractivity (Wildman–Crippen MR) is 77.5 cm³/mol. The summed E-state index contributed by atoms with van der Waals surface area (Å²) in [4.78, 5) is 12.0. The van der Waals surface area contributed by atoms with E-state index in [2.05, 4.69) is 21.2 Å². The molecular weight excluding hydrogens is 338 g/mol. The van der Waals surface area contributed by atoms with Crippen LogP contribution in [0.1, 0.15) is 23.2 Å². The van der Waals surface area contributed by atoms with E-state index in [1.165, 1.54) is 0 Å². The van der Waals surface area contributed by atoms with Gasteiger partial charge in [-0.2, -0.15) is 0 Å². The Morgan fingerprint density at radius 3 is 2.67 bits per heavy atom. The summed E-state index contributed by atoms with van der Waals surface area (Å²) in [6.45, 7) is 0. The van der Waals surface area contributed by atoms with Crippen LogP contribution in [0.4, 0.5) is 0 Å². The van der Waals surface area contributed by atoms with E-state index in [0.717, 1.165) is 12.8 Å². The minimum atomic E-state index is -0.703. The molecule has 0 unspecified atom stereocenters. The zero-order valence-corrected chi connectivity index (χ0v) is 12.8. The molecule has 3 nitrogen and oxygen atoms in total. The van der Waals surface area contributed by atoms with Crippen molar-refractivity contribution in [3.8, 4) is 0 Å². The molecule has 1 heterocycles. The number of carbonyl (C=O) groups excluding carboxylic acids is 1. The Kier molecular flexibility index (Phi) is 4.81. The molecule has 2 rings (SSSR count). The molecule has 0 bridgehead atoms.